The van der Waals surface area contributed by atoms with Crippen LogP contribution in [0.25, 0.3) is 11.3 Å². The maximum Gasteiger partial charge on any atom is 0.221 e. The molecule has 0 atom stereocenters. The quantitative estimate of drug-likeness (QED) is 0.772. The van der Waals surface area contributed by atoms with E-state index in [2.05, 4.69) is 42.9 Å². The van der Waals surface area contributed by atoms with Crippen LogP contribution in [0.5, 0.6) is 0 Å². The van der Waals surface area contributed by atoms with E-state index in [0.717, 1.165) is 22.4 Å². The van der Waals surface area contributed by atoms with Crippen LogP contribution >= 0.6 is 11.6 Å². The zero-order chi connectivity index (χ0) is 12.6. The van der Waals surface area contributed by atoms with Crippen LogP contribution in [0.1, 0.15) is 16.7 Å². The molecule has 4 nitrogen and oxygen atoms in total. The second-order valence-corrected chi connectivity index (χ2v) is 4.60. The molecule has 0 radical (unpaired) electrons. The van der Waals surface area contributed by atoms with Gasteiger partial charge >= 0.3 is 0 Å². The molecule has 0 aliphatic carbocycles. The van der Waals surface area contributed by atoms with Gasteiger partial charge in [0.15, 0.2) is 0 Å². The number of rotatable bonds is 1. The van der Waals surface area contributed by atoms with Gasteiger partial charge < -0.3 is 11.9 Å². The number of nitrogens with two attached hydrogens (primary N) is 1. The molecule has 2 rings (SSSR count). The molecule has 0 aliphatic heterocycles. The molecule has 0 saturated carbocycles. The molecule has 5 heteroatoms. The van der Waals surface area contributed by atoms with E-state index in [1.165, 1.54) is 5.56 Å². The van der Waals surface area contributed by atoms with Crippen molar-refractivity contribution < 1.29 is 0 Å². The van der Waals surface area contributed by atoms with Gasteiger partial charge in [-0.25, -0.2) is 9.97 Å². The molecule has 0 amide bonds. The normalized spacial score (nSPS) is 10.0. The first kappa shape index (κ1) is 14.4. The molecule has 0 spiro atoms. The van der Waals surface area contributed by atoms with Gasteiger partial charge in [-0.1, -0.05) is 29.3 Å². The van der Waals surface area contributed by atoms with Crippen LogP contribution in [0.3, 0.4) is 0 Å². The topological polar surface area (TPSA) is 86.8 Å². The van der Waals surface area contributed by atoms with Crippen LogP contribution in [-0.4, -0.2) is 9.97 Å². The molecule has 0 aliphatic rings. The monoisotopic (exact) mass is 264 g/mol. The number of hydrogen-bond donors (Lipinski definition) is 2. The third-order valence-electron chi connectivity index (χ3n) is 2.65. The Balaban J connectivity index is 0.00000162. The fourth-order valence-corrected chi connectivity index (χ4v) is 2.34. The van der Waals surface area contributed by atoms with E-state index in [4.69, 9.17) is 17.3 Å². The highest BCUT2D eigenvalue weighted by Gasteiger charge is 2.10. The number of nitrogens with zero attached hydrogens (tertiary/aromatic N) is 2. The largest absolute Gasteiger partial charge is 0.368 e. The predicted molar refractivity (Wildman–Crippen MR) is 76.1 cm³/mol. The third kappa shape index (κ3) is 2.78. The van der Waals surface area contributed by atoms with Crippen LogP contribution in [0.15, 0.2) is 18.2 Å². The summed E-state index contributed by atoms with van der Waals surface area (Å²) in [4.78, 5) is 8.11. The van der Waals surface area contributed by atoms with Crippen molar-refractivity contribution in [2.45, 2.75) is 20.8 Å². The fourth-order valence-electron chi connectivity index (χ4n) is 2.15. The number of aryl methyl sites for hydroxylation is 3. The molecular formula is C13H17ClN4. The van der Waals surface area contributed by atoms with E-state index in [0.29, 0.717) is 5.15 Å². The lowest BCUT2D eigenvalue weighted by molar-refractivity contribution is 1.18. The van der Waals surface area contributed by atoms with Gasteiger partial charge in [0.05, 0.1) is 5.69 Å². The van der Waals surface area contributed by atoms with Crippen molar-refractivity contribution in [1.82, 2.24) is 16.1 Å². The first-order valence-corrected chi connectivity index (χ1v) is 5.73. The van der Waals surface area contributed by atoms with Crippen molar-refractivity contribution in [3.05, 3.63) is 40.0 Å². The maximum atomic E-state index is 5.90. The Morgan fingerprint density at radius 3 is 2.06 bits per heavy atom. The Labute approximate surface area is 112 Å². The average Bonchev–Trinajstić information content (AvgIpc) is 2.13. The molecule has 96 valence electrons. The lowest BCUT2D eigenvalue weighted by atomic mass is 9.97. The van der Waals surface area contributed by atoms with Gasteiger partial charge in [0.1, 0.15) is 5.15 Å². The second kappa shape index (κ2) is 5.33. The summed E-state index contributed by atoms with van der Waals surface area (Å²) in [5.41, 5.74) is 11.0. The molecule has 0 fully saturated rings. The van der Waals surface area contributed by atoms with E-state index in [1.54, 1.807) is 6.07 Å². The van der Waals surface area contributed by atoms with E-state index in [9.17, 15) is 0 Å². The Morgan fingerprint density at radius 2 is 1.56 bits per heavy atom. The highest BCUT2D eigenvalue weighted by atomic mass is 35.5. The zero-order valence-electron chi connectivity index (χ0n) is 10.8. The fraction of sp³-hybridized carbons (Fsp3) is 0.231. The Morgan fingerprint density at radius 1 is 1.00 bits per heavy atom. The van der Waals surface area contributed by atoms with Gasteiger partial charge in [-0.2, -0.15) is 0 Å². The summed E-state index contributed by atoms with van der Waals surface area (Å²) < 4.78 is 0. The Kier molecular flexibility index (Phi) is 4.27. The summed E-state index contributed by atoms with van der Waals surface area (Å²) in [6.45, 7) is 6.19. The number of benzene rings is 1. The van der Waals surface area contributed by atoms with E-state index in [-0.39, 0.29) is 12.1 Å². The van der Waals surface area contributed by atoms with E-state index in [1.807, 2.05) is 0 Å². The van der Waals surface area contributed by atoms with Crippen LogP contribution < -0.4 is 11.9 Å². The van der Waals surface area contributed by atoms with Crippen LogP contribution in [-0.2, 0) is 0 Å². The summed E-state index contributed by atoms with van der Waals surface area (Å²) in [5, 5.41) is 0.367. The van der Waals surface area contributed by atoms with Gasteiger partial charge in [-0.3, -0.25) is 0 Å². The summed E-state index contributed by atoms with van der Waals surface area (Å²) in [6.07, 6.45) is 0. The van der Waals surface area contributed by atoms with Gasteiger partial charge in [0.25, 0.3) is 0 Å². The van der Waals surface area contributed by atoms with E-state index < -0.39 is 0 Å². The van der Waals surface area contributed by atoms with Crippen LogP contribution in [0.4, 0.5) is 5.95 Å². The molecule has 1 aromatic carbocycles. The summed E-state index contributed by atoms with van der Waals surface area (Å²) in [7, 11) is 0. The van der Waals surface area contributed by atoms with E-state index >= 15 is 0 Å². The van der Waals surface area contributed by atoms with Crippen molar-refractivity contribution in [3.63, 3.8) is 0 Å². The predicted octanol–water partition coefficient (Wildman–Crippen LogP) is 3.47. The standard InChI is InChI=1S/C13H14ClN3.H3N/c1-7-4-8(2)12(9(3)5-7)10-6-11(14)17-13(15)16-10;/h4-6H,1-3H3,(H2,15,16,17);1H3. The van der Waals surface area contributed by atoms with Crippen molar-refractivity contribution in [3.8, 4) is 11.3 Å². The minimum absolute atomic E-state index is 0. The zero-order valence-corrected chi connectivity index (χ0v) is 11.5. The van der Waals surface area contributed by atoms with Gasteiger partial charge in [-0.15, -0.1) is 0 Å². The van der Waals surface area contributed by atoms with Crippen molar-refractivity contribution in [2.24, 2.45) is 0 Å². The number of hydrogen-bond acceptors (Lipinski definition) is 4. The minimum Gasteiger partial charge on any atom is -0.368 e. The van der Waals surface area contributed by atoms with Crippen molar-refractivity contribution in [2.75, 3.05) is 5.73 Å². The van der Waals surface area contributed by atoms with Gasteiger partial charge in [-0.05, 0) is 31.9 Å². The van der Waals surface area contributed by atoms with Crippen molar-refractivity contribution in [1.29, 1.82) is 0 Å². The summed E-state index contributed by atoms with van der Waals surface area (Å²) in [6, 6.07) is 5.98. The molecule has 0 bridgehead atoms. The average molecular weight is 265 g/mol. The van der Waals surface area contributed by atoms with Crippen LogP contribution in [0, 0.1) is 20.8 Å². The third-order valence-corrected chi connectivity index (χ3v) is 2.84. The number of nitrogen functional groups attached to an aromatic ring is 1. The maximum absolute atomic E-state index is 5.90. The molecule has 0 saturated heterocycles. The molecule has 0 unspecified atom stereocenters. The smallest absolute Gasteiger partial charge is 0.221 e. The molecule has 1 aromatic heterocycles. The number of halogens is 1. The lowest BCUT2D eigenvalue weighted by Gasteiger charge is -2.11. The highest BCUT2D eigenvalue weighted by molar-refractivity contribution is 6.29. The molecule has 1 heterocycles. The van der Waals surface area contributed by atoms with Crippen LogP contribution in [0.2, 0.25) is 5.15 Å². The first-order valence-electron chi connectivity index (χ1n) is 5.35. The highest BCUT2D eigenvalue weighted by Crippen LogP contribution is 2.28. The number of aromatic nitrogens is 2. The molecule has 5 N–H and O–H groups in total. The lowest BCUT2D eigenvalue weighted by Crippen LogP contribution is -1.99. The molecule has 2 aromatic rings. The number of anilines is 1. The molecule has 18 heavy (non-hydrogen) atoms. The second-order valence-electron chi connectivity index (χ2n) is 4.21. The summed E-state index contributed by atoms with van der Waals surface area (Å²) in [5.74, 6) is 0.201. The van der Waals surface area contributed by atoms with Gasteiger partial charge in [0, 0.05) is 11.6 Å². The first-order chi connectivity index (χ1) is 7.97. The SMILES string of the molecule is Cc1cc(C)c(-c2cc(Cl)nc(N)n2)c(C)c1.N. The minimum atomic E-state index is 0. The Bertz CT molecular complexity index is 538. The van der Waals surface area contributed by atoms with Crippen molar-refractivity contribution >= 4 is 17.5 Å². The van der Waals surface area contributed by atoms with Gasteiger partial charge in [0.2, 0.25) is 5.95 Å². The molecular weight excluding hydrogens is 248 g/mol. The Hall–Kier alpha value is -1.65. The summed E-state index contributed by atoms with van der Waals surface area (Å²) >= 11 is 5.90.